The van der Waals surface area contributed by atoms with Crippen LogP contribution in [0.15, 0.2) is 12.1 Å². The average molecular weight is 251 g/mol. The van der Waals surface area contributed by atoms with Crippen molar-refractivity contribution in [1.29, 1.82) is 5.26 Å². The van der Waals surface area contributed by atoms with Gasteiger partial charge in [-0.05, 0) is 37.9 Å². The van der Waals surface area contributed by atoms with E-state index in [-0.39, 0.29) is 11.3 Å². The highest BCUT2D eigenvalue weighted by Crippen LogP contribution is 2.20. The molecule has 18 heavy (non-hydrogen) atoms. The molecule has 2 rings (SSSR count). The van der Waals surface area contributed by atoms with Crippen LogP contribution >= 0.6 is 0 Å². The summed E-state index contributed by atoms with van der Waals surface area (Å²) in [4.78, 5) is 0. The van der Waals surface area contributed by atoms with Gasteiger partial charge in [0, 0.05) is 12.6 Å². The van der Waals surface area contributed by atoms with E-state index in [0.29, 0.717) is 12.6 Å². The summed E-state index contributed by atoms with van der Waals surface area (Å²) < 4.78 is 27.0. The van der Waals surface area contributed by atoms with E-state index >= 15 is 0 Å². The van der Waals surface area contributed by atoms with Crippen LogP contribution in [-0.4, -0.2) is 19.1 Å². The Morgan fingerprint density at radius 3 is 2.44 bits per heavy atom. The highest BCUT2D eigenvalue weighted by molar-refractivity contribution is 5.50. The summed E-state index contributed by atoms with van der Waals surface area (Å²) in [5, 5.41) is 14.6. The minimum Gasteiger partial charge on any atom is -0.380 e. The Hall–Kier alpha value is -1.67. The first kappa shape index (κ1) is 12.8. The second-order valence-corrected chi connectivity index (χ2v) is 4.44. The van der Waals surface area contributed by atoms with Crippen LogP contribution in [0.4, 0.5) is 14.5 Å². The Morgan fingerprint density at radius 1 is 1.22 bits per heavy atom. The molecule has 0 heterocycles. The van der Waals surface area contributed by atoms with Crippen molar-refractivity contribution in [3.05, 3.63) is 29.3 Å². The fraction of sp³-hybridized carbons (Fsp3) is 0.462. The Morgan fingerprint density at radius 2 is 1.89 bits per heavy atom. The molecule has 0 unspecified atom stereocenters. The Bertz CT molecular complexity index is 441. The molecule has 2 N–H and O–H groups in total. The van der Waals surface area contributed by atoms with Gasteiger partial charge in [0.1, 0.15) is 5.69 Å². The topological polar surface area (TPSA) is 47.9 Å². The summed E-state index contributed by atoms with van der Waals surface area (Å²) in [6.45, 7) is 1.34. The Labute approximate surface area is 105 Å². The van der Waals surface area contributed by atoms with Gasteiger partial charge in [0.2, 0.25) is 0 Å². The fourth-order valence-corrected chi connectivity index (χ4v) is 1.70. The lowest BCUT2D eigenvalue weighted by atomic mass is 10.2. The second-order valence-electron chi connectivity index (χ2n) is 4.44. The van der Waals surface area contributed by atoms with E-state index in [1.54, 1.807) is 6.07 Å². The maximum atomic E-state index is 13.5. The maximum Gasteiger partial charge on any atom is 0.150 e. The van der Waals surface area contributed by atoms with Gasteiger partial charge in [-0.2, -0.15) is 5.26 Å². The molecule has 96 valence electrons. The largest absolute Gasteiger partial charge is 0.380 e. The van der Waals surface area contributed by atoms with E-state index < -0.39 is 11.6 Å². The summed E-state index contributed by atoms with van der Waals surface area (Å²) in [6.07, 6.45) is 3.26. The molecule has 1 aromatic rings. The SMILES string of the molecule is N#Cc1cc(F)c(NCCCNC2CC2)c(F)c1. The first-order valence-corrected chi connectivity index (χ1v) is 6.07. The predicted octanol–water partition coefficient (Wildman–Crippen LogP) is 2.39. The molecule has 0 spiro atoms. The first-order valence-electron chi connectivity index (χ1n) is 6.07. The number of rotatable bonds is 6. The normalized spacial score (nSPS) is 14.3. The van der Waals surface area contributed by atoms with Crippen LogP contribution in [-0.2, 0) is 0 Å². The molecule has 1 saturated carbocycles. The van der Waals surface area contributed by atoms with Crippen LogP contribution in [0.3, 0.4) is 0 Å². The Balaban J connectivity index is 1.82. The third-order valence-corrected chi connectivity index (χ3v) is 2.84. The van der Waals surface area contributed by atoms with Gasteiger partial charge in [0.25, 0.3) is 0 Å². The molecule has 1 fully saturated rings. The molecule has 5 heteroatoms. The van der Waals surface area contributed by atoms with Gasteiger partial charge in [0.15, 0.2) is 11.6 Å². The van der Waals surface area contributed by atoms with Crippen molar-refractivity contribution in [3.63, 3.8) is 0 Å². The van der Waals surface area contributed by atoms with Gasteiger partial charge in [0.05, 0.1) is 11.6 Å². The molecular weight excluding hydrogens is 236 g/mol. The molecule has 1 aliphatic rings. The van der Waals surface area contributed by atoms with E-state index in [4.69, 9.17) is 5.26 Å². The summed E-state index contributed by atoms with van der Waals surface area (Å²) in [7, 11) is 0. The molecule has 1 aliphatic carbocycles. The molecule has 0 amide bonds. The van der Waals surface area contributed by atoms with Gasteiger partial charge in [-0.15, -0.1) is 0 Å². The number of hydrogen-bond acceptors (Lipinski definition) is 3. The van der Waals surface area contributed by atoms with Crippen molar-refractivity contribution < 1.29 is 8.78 Å². The van der Waals surface area contributed by atoms with Crippen LogP contribution < -0.4 is 10.6 Å². The van der Waals surface area contributed by atoms with Crippen LogP contribution in [0.5, 0.6) is 0 Å². The number of nitriles is 1. The van der Waals surface area contributed by atoms with E-state index in [0.717, 1.165) is 25.1 Å². The third-order valence-electron chi connectivity index (χ3n) is 2.84. The molecule has 0 radical (unpaired) electrons. The van der Waals surface area contributed by atoms with E-state index in [1.807, 2.05) is 0 Å². The monoisotopic (exact) mass is 251 g/mol. The van der Waals surface area contributed by atoms with Crippen LogP contribution in [0.2, 0.25) is 0 Å². The quantitative estimate of drug-likeness (QED) is 0.763. The van der Waals surface area contributed by atoms with Crippen molar-refractivity contribution in [2.75, 3.05) is 18.4 Å². The van der Waals surface area contributed by atoms with Gasteiger partial charge >= 0.3 is 0 Å². The highest BCUT2D eigenvalue weighted by Gasteiger charge is 2.19. The standard InChI is InChI=1S/C13H15F2N3/c14-11-6-9(8-16)7-12(15)13(11)18-5-1-4-17-10-2-3-10/h6-7,10,17-18H,1-5H2. The Kier molecular flexibility index (Phi) is 4.11. The zero-order valence-electron chi connectivity index (χ0n) is 9.97. The minimum atomic E-state index is -0.721. The second kappa shape index (κ2) is 5.78. The molecule has 0 atom stereocenters. The van der Waals surface area contributed by atoms with Crippen molar-refractivity contribution in [3.8, 4) is 6.07 Å². The lowest BCUT2D eigenvalue weighted by molar-refractivity contribution is 0.585. The molecule has 0 saturated heterocycles. The smallest absolute Gasteiger partial charge is 0.150 e. The number of nitrogens with one attached hydrogen (secondary N) is 2. The van der Waals surface area contributed by atoms with E-state index in [9.17, 15) is 8.78 Å². The molecule has 0 aliphatic heterocycles. The lowest BCUT2D eigenvalue weighted by Gasteiger charge is -2.09. The number of hydrogen-bond donors (Lipinski definition) is 2. The minimum absolute atomic E-state index is 0.00838. The van der Waals surface area contributed by atoms with Crippen molar-refractivity contribution >= 4 is 5.69 Å². The average Bonchev–Trinajstić information content (AvgIpc) is 3.15. The zero-order chi connectivity index (χ0) is 13.0. The maximum absolute atomic E-state index is 13.5. The number of halogens is 2. The van der Waals surface area contributed by atoms with Crippen LogP contribution in [0, 0.1) is 23.0 Å². The number of benzene rings is 1. The van der Waals surface area contributed by atoms with Crippen LogP contribution in [0.25, 0.3) is 0 Å². The summed E-state index contributed by atoms with van der Waals surface area (Å²) in [5.41, 5.74) is -0.161. The molecular formula is C13H15F2N3. The number of anilines is 1. The van der Waals surface area contributed by atoms with Crippen molar-refractivity contribution in [1.82, 2.24) is 5.32 Å². The van der Waals surface area contributed by atoms with Crippen molar-refractivity contribution in [2.45, 2.75) is 25.3 Å². The predicted molar refractivity (Wildman–Crippen MR) is 65.2 cm³/mol. The summed E-state index contributed by atoms with van der Waals surface area (Å²) in [6, 6.07) is 4.43. The number of nitrogens with zero attached hydrogens (tertiary/aromatic N) is 1. The van der Waals surface area contributed by atoms with E-state index in [2.05, 4.69) is 10.6 Å². The fourth-order valence-electron chi connectivity index (χ4n) is 1.70. The van der Waals surface area contributed by atoms with E-state index in [1.165, 1.54) is 12.8 Å². The van der Waals surface area contributed by atoms with Gasteiger partial charge in [-0.1, -0.05) is 0 Å². The first-order chi connectivity index (χ1) is 8.70. The van der Waals surface area contributed by atoms with Gasteiger partial charge in [-0.3, -0.25) is 0 Å². The molecule has 0 aromatic heterocycles. The third kappa shape index (κ3) is 3.41. The van der Waals surface area contributed by atoms with Gasteiger partial charge in [-0.25, -0.2) is 8.78 Å². The zero-order valence-corrected chi connectivity index (χ0v) is 9.97. The highest BCUT2D eigenvalue weighted by atomic mass is 19.1. The van der Waals surface area contributed by atoms with Crippen LogP contribution in [0.1, 0.15) is 24.8 Å². The summed E-state index contributed by atoms with van der Waals surface area (Å²) >= 11 is 0. The molecule has 3 nitrogen and oxygen atoms in total. The lowest BCUT2D eigenvalue weighted by Crippen LogP contribution is -2.20. The summed E-state index contributed by atoms with van der Waals surface area (Å²) in [5.74, 6) is -1.44. The van der Waals surface area contributed by atoms with Crippen molar-refractivity contribution in [2.24, 2.45) is 0 Å². The molecule has 0 bridgehead atoms. The molecule has 1 aromatic carbocycles. The van der Waals surface area contributed by atoms with Gasteiger partial charge < -0.3 is 10.6 Å².